The highest BCUT2D eigenvalue weighted by Crippen LogP contribution is 2.16. The molecule has 0 atom stereocenters. The largest absolute Gasteiger partial charge is 0.444 e. The Labute approximate surface area is 126 Å². The molecular formula is C16H23N3O2. The molecule has 0 bridgehead atoms. The van der Waals surface area contributed by atoms with Gasteiger partial charge in [-0.2, -0.15) is 0 Å². The Kier molecular flexibility index (Phi) is 4.50. The van der Waals surface area contributed by atoms with E-state index in [0.717, 1.165) is 24.5 Å². The molecule has 1 aliphatic rings. The number of hydrogen-bond donors (Lipinski definition) is 0. The second-order valence-electron chi connectivity index (χ2n) is 6.11. The van der Waals surface area contributed by atoms with Crippen molar-refractivity contribution in [1.82, 2.24) is 9.88 Å². The second-order valence-corrected chi connectivity index (χ2v) is 6.11. The maximum atomic E-state index is 12.0. The molecule has 21 heavy (non-hydrogen) atoms. The smallest absolute Gasteiger partial charge is 0.410 e. The van der Waals surface area contributed by atoms with Gasteiger partial charge in [-0.05, 0) is 38.5 Å². The van der Waals surface area contributed by atoms with Crippen LogP contribution in [0.15, 0.2) is 24.9 Å². The van der Waals surface area contributed by atoms with Crippen molar-refractivity contribution in [2.75, 3.05) is 31.1 Å². The van der Waals surface area contributed by atoms with Crippen molar-refractivity contribution in [3.8, 4) is 0 Å². The molecule has 0 aliphatic carbocycles. The summed E-state index contributed by atoms with van der Waals surface area (Å²) in [6.07, 6.45) is 3.34. The number of hydrogen-bond acceptors (Lipinski definition) is 4. The number of pyridine rings is 1. The number of nitrogens with zero attached hydrogens (tertiary/aromatic N) is 3. The maximum Gasteiger partial charge on any atom is 0.410 e. The number of piperazine rings is 1. The molecule has 1 fully saturated rings. The minimum Gasteiger partial charge on any atom is -0.444 e. The van der Waals surface area contributed by atoms with Crippen molar-refractivity contribution in [3.05, 3.63) is 30.5 Å². The summed E-state index contributed by atoms with van der Waals surface area (Å²) in [5, 5.41) is 0. The van der Waals surface area contributed by atoms with Gasteiger partial charge in [0.15, 0.2) is 0 Å². The molecule has 2 heterocycles. The Morgan fingerprint density at radius 3 is 2.43 bits per heavy atom. The quantitative estimate of drug-likeness (QED) is 0.840. The third-order valence-corrected chi connectivity index (χ3v) is 3.26. The van der Waals surface area contributed by atoms with E-state index in [0.29, 0.717) is 13.1 Å². The first kappa shape index (κ1) is 15.4. The molecule has 5 heteroatoms. The van der Waals surface area contributed by atoms with E-state index in [1.807, 2.05) is 39.1 Å². The molecule has 0 unspecified atom stereocenters. The third-order valence-electron chi connectivity index (χ3n) is 3.26. The van der Waals surface area contributed by atoms with E-state index in [2.05, 4.69) is 16.5 Å². The fraction of sp³-hybridized carbons (Fsp3) is 0.500. The van der Waals surface area contributed by atoms with Crippen molar-refractivity contribution in [3.63, 3.8) is 0 Å². The fourth-order valence-corrected chi connectivity index (χ4v) is 2.15. The van der Waals surface area contributed by atoms with Crippen LogP contribution in [0.1, 0.15) is 26.3 Å². The Morgan fingerprint density at radius 1 is 1.29 bits per heavy atom. The van der Waals surface area contributed by atoms with E-state index in [4.69, 9.17) is 4.74 Å². The lowest BCUT2D eigenvalue weighted by Crippen LogP contribution is -2.50. The average molecular weight is 289 g/mol. The zero-order valence-electron chi connectivity index (χ0n) is 13.0. The number of aromatic nitrogens is 1. The zero-order valence-corrected chi connectivity index (χ0v) is 13.0. The van der Waals surface area contributed by atoms with Crippen LogP contribution >= 0.6 is 0 Å². The molecular weight excluding hydrogens is 266 g/mol. The van der Waals surface area contributed by atoms with E-state index >= 15 is 0 Å². The van der Waals surface area contributed by atoms with Gasteiger partial charge in [-0.1, -0.05) is 12.7 Å². The van der Waals surface area contributed by atoms with E-state index in [1.54, 1.807) is 11.0 Å². The Balaban J connectivity index is 1.90. The maximum absolute atomic E-state index is 12.0. The zero-order chi connectivity index (χ0) is 15.5. The summed E-state index contributed by atoms with van der Waals surface area (Å²) < 4.78 is 5.39. The fourth-order valence-electron chi connectivity index (χ4n) is 2.15. The molecule has 114 valence electrons. The second kappa shape index (κ2) is 6.16. The highest BCUT2D eigenvalue weighted by Gasteiger charge is 2.26. The number of carbonyl (C=O) groups excluding carboxylic acids is 1. The van der Waals surface area contributed by atoms with Crippen LogP contribution in [0, 0.1) is 0 Å². The van der Waals surface area contributed by atoms with Crippen molar-refractivity contribution in [2.24, 2.45) is 0 Å². The SMILES string of the molecule is C=Cc1ccc(N2CCN(C(=O)OC(C)(C)C)CC2)nc1. The topological polar surface area (TPSA) is 45.7 Å². The minimum absolute atomic E-state index is 0.239. The summed E-state index contributed by atoms with van der Waals surface area (Å²) in [5.74, 6) is 0.935. The summed E-state index contributed by atoms with van der Waals surface area (Å²) >= 11 is 0. The number of amides is 1. The first-order valence-electron chi connectivity index (χ1n) is 7.20. The lowest BCUT2D eigenvalue weighted by Gasteiger charge is -2.36. The molecule has 1 aliphatic heterocycles. The Hall–Kier alpha value is -2.04. The van der Waals surface area contributed by atoms with Gasteiger partial charge in [-0.25, -0.2) is 9.78 Å². The van der Waals surface area contributed by atoms with Crippen LogP contribution < -0.4 is 4.90 Å². The number of carbonyl (C=O) groups is 1. The predicted octanol–water partition coefficient (Wildman–Crippen LogP) is 2.78. The molecule has 0 aromatic carbocycles. The normalized spacial score (nSPS) is 15.8. The molecule has 0 spiro atoms. The first-order chi connectivity index (χ1) is 9.89. The van der Waals surface area contributed by atoms with Crippen LogP contribution in [-0.4, -0.2) is 47.8 Å². The first-order valence-corrected chi connectivity index (χ1v) is 7.20. The number of anilines is 1. The molecule has 2 rings (SSSR count). The molecule has 0 N–H and O–H groups in total. The Bertz CT molecular complexity index is 497. The molecule has 1 amide bonds. The van der Waals surface area contributed by atoms with Gasteiger partial charge in [0.2, 0.25) is 0 Å². The molecule has 1 aromatic rings. The summed E-state index contributed by atoms with van der Waals surface area (Å²) in [5.41, 5.74) is 0.558. The summed E-state index contributed by atoms with van der Waals surface area (Å²) in [7, 11) is 0. The minimum atomic E-state index is -0.448. The molecule has 1 saturated heterocycles. The van der Waals surface area contributed by atoms with E-state index < -0.39 is 5.60 Å². The highest BCUT2D eigenvalue weighted by molar-refractivity contribution is 5.68. The van der Waals surface area contributed by atoms with Crippen LogP contribution in [0.3, 0.4) is 0 Å². The summed E-state index contributed by atoms with van der Waals surface area (Å²) in [6.45, 7) is 12.2. The molecule has 1 aromatic heterocycles. The van der Waals surface area contributed by atoms with Gasteiger partial charge in [-0.15, -0.1) is 0 Å². The van der Waals surface area contributed by atoms with Gasteiger partial charge in [0.1, 0.15) is 11.4 Å². The molecule has 0 saturated carbocycles. The van der Waals surface area contributed by atoms with Crippen LogP contribution in [0.5, 0.6) is 0 Å². The number of rotatable bonds is 2. The van der Waals surface area contributed by atoms with Gasteiger partial charge < -0.3 is 14.5 Å². The lowest BCUT2D eigenvalue weighted by atomic mass is 10.2. The van der Waals surface area contributed by atoms with Gasteiger partial charge in [-0.3, -0.25) is 0 Å². The van der Waals surface area contributed by atoms with Crippen molar-refractivity contribution < 1.29 is 9.53 Å². The van der Waals surface area contributed by atoms with Crippen LogP contribution in [0.4, 0.5) is 10.6 Å². The van der Waals surface area contributed by atoms with Crippen molar-refractivity contribution in [2.45, 2.75) is 26.4 Å². The van der Waals surface area contributed by atoms with Crippen molar-refractivity contribution >= 4 is 18.0 Å². The van der Waals surface area contributed by atoms with E-state index in [9.17, 15) is 4.79 Å². The van der Waals surface area contributed by atoms with E-state index in [1.165, 1.54) is 0 Å². The summed E-state index contributed by atoms with van der Waals surface area (Å²) in [4.78, 5) is 20.3. The third kappa shape index (κ3) is 4.21. The summed E-state index contributed by atoms with van der Waals surface area (Å²) in [6, 6.07) is 3.98. The van der Waals surface area contributed by atoms with E-state index in [-0.39, 0.29) is 6.09 Å². The van der Waals surface area contributed by atoms with Gasteiger partial charge in [0, 0.05) is 32.4 Å². The van der Waals surface area contributed by atoms with Gasteiger partial charge in [0.05, 0.1) is 0 Å². The standard InChI is InChI=1S/C16H23N3O2/c1-5-13-6-7-14(17-12-13)18-8-10-19(11-9-18)15(20)21-16(2,3)4/h5-7,12H,1,8-11H2,2-4H3. The lowest BCUT2D eigenvalue weighted by molar-refractivity contribution is 0.0240. The molecule has 5 nitrogen and oxygen atoms in total. The van der Waals surface area contributed by atoms with Crippen LogP contribution in [0.2, 0.25) is 0 Å². The van der Waals surface area contributed by atoms with Crippen LogP contribution in [-0.2, 0) is 4.74 Å². The predicted molar refractivity (Wildman–Crippen MR) is 84.3 cm³/mol. The molecule has 0 radical (unpaired) electrons. The Morgan fingerprint density at radius 2 is 1.95 bits per heavy atom. The highest BCUT2D eigenvalue weighted by atomic mass is 16.6. The van der Waals surface area contributed by atoms with Gasteiger partial charge >= 0.3 is 6.09 Å². The van der Waals surface area contributed by atoms with Crippen molar-refractivity contribution in [1.29, 1.82) is 0 Å². The number of ether oxygens (including phenoxy) is 1. The van der Waals surface area contributed by atoms with Gasteiger partial charge in [0.25, 0.3) is 0 Å². The average Bonchev–Trinajstić information content (AvgIpc) is 2.46. The van der Waals surface area contributed by atoms with Crippen LogP contribution in [0.25, 0.3) is 6.08 Å². The monoisotopic (exact) mass is 289 g/mol.